The quantitative estimate of drug-likeness (QED) is 0.470. The molecular weight excluding hydrogens is 361 g/mol. The number of guanidine groups is 1. The molecule has 2 N–H and O–H groups in total. The summed E-state index contributed by atoms with van der Waals surface area (Å²) < 4.78 is 0. The van der Waals surface area contributed by atoms with Gasteiger partial charge < -0.3 is 10.6 Å². The van der Waals surface area contributed by atoms with Gasteiger partial charge in [0, 0.05) is 25.0 Å². The standard InChI is InChI=1S/C16H27N3.HI/c1-12(2)19-15(17-6)18-11-16(4,5)14-9-7-13(3)8-10-14;/h7-10,12H,11H2,1-6H3,(H2,17,18,19);1H. The van der Waals surface area contributed by atoms with Crippen molar-refractivity contribution < 1.29 is 0 Å². The lowest BCUT2D eigenvalue weighted by Gasteiger charge is -2.27. The summed E-state index contributed by atoms with van der Waals surface area (Å²) in [5, 5.41) is 6.69. The van der Waals surface area contributed by atoms with Gasteiger partial charge >= 0.3 is 0 Å². The van der Waals surface area contributed by atoms with E-state index < -0.39 is 0 Å². The summed E-state index contributed by atoms with van der Waals surface area (Å²) in [7, 11) is 1.80. The maximum Gasteiger partial charge on any atom is 0.191 e. The lowest BCUT2D eigenvalue weighted by molar-refractivity contribution is 0.506. The van der Waals surface area contributed by atoms with Gasteiger partial charge in [0.05, 0.1) is 0 Å². The van der Waals surface area contributed by atoms with Crippen molar-refractivity contribution in [2.45, 2.75) is 46.1 Å². The zero-order valence-electron chi connectivity index (χ0n) is 13.4. The second kappa shape index (κ2) is 8.49. The SMILES string of the molecule is CN=C(NCC(C)(C)c1ccc(C)cc1)NC(C)C.I. The molecule has 1 aromatic carbocycles. The summed E-state index contributed by atoms with van der Waals surface area (Å²) in [6.45, 7) is 11.7. The smallest absolute Gasteiger partial charge is 0.191 e. The van der Waals surface area contributed by atoms with Crippen LogP contribution < -0.4 is 10.6 Å². The van der Waals surface area contributed by atoms with Crippen LogP contribution in [0.3, 0.4) is 0 Å². The van der Waals surface area contributed by atoms with Crippen molar-refractivity contribution in [2.24, 2.45) is 4.99 Å². The van der Waals surface area contributed by atoms with Gasteiger partial charge in [0.2, 0.25) is 0 Å². The third-order valence-electron chi connectivity index (χ3n) is 3.18. The van der Waals surface area contributed by atoms with E-state index in [4.69, 9.17) is 0 Å². The van der Waals surface area contributed by atoms with Gasteiger partial charge in [-0.05, 0) is 26.3 Å². The second-order valence-corrected chi connectivity index (χ2v) is 5.97. The summed E-state index contributed by atoms with van der Waals surface area (Å²) in [6, 6.07) is 9.12. The van der Waals surface area contributed by atoms with Crippen molar-refractivity contribution >= 4 is 29.9 Å². The first-order valence-electron chi connectivity index (χ1n) is 6.89. The summed E-state index contributed by atoms with van der Waals surface area (Å²) in [4.78, 5) is 4.23. The molecule has 0 bridgehead atoms. The van der Waals surface area contributed by atoms with E-state index in [2.05, 4.69) is 74.5 Å². The van der Waals surface area contributed by atoms with E-state index in [9.17, 15) is 0 Å². The minimum atomic E-state index is 0. The first-order valence-corrected chi connectivity index (χ1v) is 6.89. The van der Waals surface area contributed by atoms with E-state index in [1.54, 1.807) is 7.05 Å². The molecule has 0 saturated carbocycles. The van der Waals surface area contributed by atoms with Crippen molar-refractivity contribution in [1.29, 1.82) is 0 Å². The van der Waals surface area contributed by atoms with Gasteiger partial charge in [0.15, 0.2) is 5.96 Å². The number of hydrogen-bond acceptors (Lipinski definition) is 1. The first kappa shape index (κ1) is 19.2. The normalized spacial score (nSPS) is 12.1. The van der Waals surface area contributed by atoms with Crippen LogP contribution in [-0.4, -0.2) is 25.6 Å². The molecule has 0 radical (unpaired) electrons. The summed E-state index contributed by atoms with van der Waals surface area (Å²) in [6.07, 6.45) is 0. The van der Waals surface area contributed by atoms with Crippen LogP contribution >= 0.6 is 24.0 Å². The van der Waals surface area contributed by atoms with Crippen LogP contribution in [0.15, 0.2) is 29.3 Å². The highest BCUT2D eigenvalue weighted by atomic mass is 127. The molecule has 0 unspecified atom stereocenters. The number of aryl methyl sites for hydroxylation is 1. The molecule has 0 heterocycles. The fraction of sp³-hybridized carbons (Fsp3) is 0.562. The van der Waals surface area contributed by atoms with Crippen LogP contribution in [0.2, 0.25) is 0 Å². The maximum atomic E-state index is 4.23. The Hall–Kier alpha value is -0.780. The number of halogens is 1. The Morgan fingerprint density at radius 3 is 2.20 bits per heavy atom. The predicted octanol–water partition coefficient (Wildman–Crippen LogP) is 3.46. The average molecular weight is 389 g/mol. The van der Waals surface area contributed by atoms with Crippen molar-refractivity contribution in [3.8, 4) is 0 Å². The number of benzene rings is 1. The molecule has 0 saturated heterocycles. The maximum absolute atomic E-state index is 4.23. The minimum absolute atomic E-state index is 0. The van der Waals surface area contributed by atoms with Crippen LogP contribution in [0.1, 0.15) is 38.8 Å². The number of nitrogens with one attached hydrogen (secondary N) is 2. The van der Waals surface area contributed by atoms with Gasteiger partial charge in [-0.15, -0.1) is 24.0 Å². The summed E-state index contributed by atoms with van der Waals surface area (Å²) in [5.74, 6) is 0.857. The molecule has 0 aliphatic heterocycles. The molecule has 0 fully saturated rings. The topological polar surface area (TPSA) is 36.4 Å². The lowest BCUT2D eigenvalue weighted by Crippen LogP contribution is -2.45. The molecule has 3 nitrogen and oxygen atoms in total. The van der Waals surface area contributed by atoms with Crippen LogP contribution in [0.4, 0.5) is 0 Å². The molecule has 114 valence electrons. The molecule has 20 heavy (non-hydrogen) atoms. The summed E-state index contributed by atoms with van der Waals surface area (Å²) >= 11 is 0. The van der Waals surface area contributed by atoms with Crippen molar-refractivity contribution in [3.05, 3.63) is 35.4 Å². The van der Waals surface area contributed by atoms with Gasteiger partial charge in [0.1, 0.15) is 0 Å². The first-order chi connectivity index (χ1) is 8.85. The Balaban J connectivity index is 0.00000361. The molecule has 0 amide bonds. The number of aliphatic imine (C=N–C) groups is 1. The Bertz CT molecular complexity index is 422. The van der Waals surface area contributed by atoms with Crippen molar-refractivity contribution in [3.63, 3.8) is 0 Å². The molecule has 0 aromatic heterocycles. The van der Waals surface area contributed by atoms with Crippen LogP contribution in [0.5, 0.6) is 0 Å². The molecule has 4 heteroatoms. The highest BCUT2D eigenvalue weighted by Gasteiger charge is 2.20. The van der Waals surface area contributed by atoms with E-state index >= 15 is 0 Å². The lowest BCUT2D eigenvalue weighted by atomic mass is 9.84. The molecule has 1 aromatic rings. The van der Waals surface area contributed by atoms with Gasteiger partial charge in [-0.1, -0.05) is 43.7 Å². The zero-order chi connectivity index (χ0) is 14.5. The Labute approximate surface area is 140 Å². The van der Waals surface area contributed by atoms with Gasteiger partial charge in [-0.2, -0.15) is 0 Å². The Morgan fingerprint density at radius 2 is 1.75 bits per heavy atom. The monoisotopic (exact) mass is 389 g/mol. The van der Waals surface area contributed by atoms with Crippen molar-refractivity contribution in [2.75, 3.05) is 13.6 Å². The fourth-order valence-electron chi connectivity index (χ4n) is 1.88. The average Bonchev–Trinajstić information content (AvgIpc) is 2.34. The van der Waals surface area contributed by atoms with E-state index in [1.165, 1.54) is 11.1 Å². The zero-order valence-corrected chi connectivity index (χ0v) is 15.8. The van der Waals surface area contributed by atoms with Crippen LogP contribution in [-0.2, 0) is 5.41 Å². The molecular formula is C16H28IN3. The van der Waals surface area contributed by atoms with Gasteiger partial charge in [-0.25, -0.2) is 0 Å². The second-order valence-electron chi connectivity index (χ2n) is 5.97. The molecule has 1 rings (SSSR count). The number of nitrogens with zero attached hydrogens (tertiary/aromatic N) is 1. The van der Waals surface area contributed by atoms with E-state index in [1.807, 2.05) is 0 Å². The van der Waals surface area contributed by atoms with Crippen LogP contribution in [0.25, 0.3) is 0 Å². The predicted molar refractivity (Wildman–Crippen MR) is 99.3 cm³/mol. The van der Waals surface area contributed by atoms with E-state index in [0.717, 1.165) is 12.5 Å². The highest BCUT2D eigenvalue weighted by Crippen LogP contribution is 2.22. The third-order valence-corrected chi connectivity index (χ3v) is 3.18. The van der Waals surface area contributed by atoms with E-state index in [0.29, 0.717) is 6.04 Å². The Kier molecular flexibility index (Phi) is 8.16. The minimum Gasteiger partial charge on any atom is -0.356 e. The van der Waals surface area contributed by atoms with Gasteiger partial charge in [-0.3, -0.25) is 4.99 Å². The van der Waals surface area contributed by atoms with Crippen molar-refractivity contribution in [1.82, 2.24) is 10.6 Å². The largest absolute Gasteiger partial charge is 0.356 e. The molecule has 0 atom stereocenters. The fourth-order valence-corrected chi connectivity index (χ4v) is 1.88. The molecule has 0 aliphatic carbocycles. The number of rotatable bonds is 4. The Morgan fingerprint density at radius 1 is 1.20 bits per heavy atom. The number of hydrogen-bond donors (Lipinski definition) is 2. The van der Waals surface area contributed by atoms with Gasteiger partial charge in [0.25, 0.3) is 0 Å². The highest BCUT2D eigenvalue weighted by molar-refractivity contribution is 14.0. The van der Waals surface area contributed by atoms with Crippen LogP contribution in [0, 0.1) is 6.92 Å². The molecule has 0 aliphatic rings. The molecule has 0 spiro atoms. The van der Waals surface area contributed by atoms with E-state index in [-0.39, 0.29) is 29.4 Å². The third kappa shape index (κ3) is 6.11. The summed E-state index contributed by atoms with van der Waals surface area (Å²) in [5.41, 5.74) is 2.71.